The van der Waals surface area contributed by atoms with Crippen molar-refractivity contribution >= 4 is 93.3 Å². The SMILES string of the molecule is CC(C)CCCCCSCC(=O)[O-].CC(C)CCCCCSCC(=O)[O-].CCC[CH2][Sn+2][Cl].CCC[CH2][Sn+2][Cl]. The second-order valence-corrected chi connectivity index (χ2v) is 20.0. The summed E-state index contributed by atoms with van der Waals surface area (Å²) in [5.74, 6) is 1.86. The van der Waals surface area contributed by atoms with Crippen molar-refractivity contribution in [3.8, 4) is 0 Å². The molecule has 38 heavy (non-hydrogen) atoms. The van der Waals surface area contributed by atoms with E-state index >= 15 is 0 Å². The van der Waals surface area contributed by atoms with Crippen LogP contribution in [0.2, 0.25) is 8.87 Å². The van der Waals surface area contributed by atoms with Crippen LogP contribution >= 0.6 is 41.4 Å². The van der Waals surface area contributed by atoms with Gasteiger partial charge in [0, 0.05) is 11.5 Å². The van der Waals surface area contributed by atoms with Gasteiger partial charge in [-0.15, -0.1) is 0 Å². The molecule has 0 radical (unpaired) electrons. The fourth-order valence-electron chi connectivity index (χ4n) is 2.67. The molecule has 0 heterocycles. The van der Waals surface area contributed by atoms with Crippen molar-refractivity contribution in [2.24, 2.45) is 11.8 Å². The molecule has 0 spiro atoms. The monoisotopic (exact) mass is 830 g/mol. The van der Waals surface area contributed by atoms with Crippen LogP contribution in [0.25, 0.3) is 0 Å². The minimum atomic E-state index is -0.952. The Morgan fingerprint density at radius 2 is 0.974 bits per heavy atom. The predicted molar refractivity (Wildman–Crippen MR) is 174 cm³/mol. The Hall–Kier alpha value is 1.82. The van der Waals surface area contributed by atoms with Gasteiger partial charge in [-0.25, -0.2) is 0 Å². The standard InChI is InChI=1S/2C10H20O2S.2C4H9.2ClH.2Sn/c2*1-9(2)6-4-3-5-7-13-8-10(11)12;2*1-3-4-2;;;;/h2*9H,3-8H2,1-2H3,(H,11,12);2*1,3-4H2,2H3;2*1H;;/q;;;;;;2*+3/p-4. The number of unbranched alkanes of at least 4 members (excludes halogenated alkanes) is 6. The number of rotatable bonds is 22. The summed E-state index contributed by atoms with van der Waals surface area (Å²) in [7, 11) is 11.1. The summed E-state index contributed by atoms with van der Waals surface area (Å²) in [6.07, 6.45) is 15.1. The van der Waals surface area contributed by atoms with Gasteiger partial charge in [-0.1, -0.05) is 66.2 Å². The zero-order valence-electron chi connectivity index (χ0n) is 25.1. The topological polar surface area (TPSA) is 80.3 Å². The summed E-state index contributed by atoms with van der Waals surface area (Å²) in [6.45, 7) is 13.3. The van der Waals surface area contributed by atoms with E-state index in [-0.39, 0.29) is 51.5 Å². The molecule has 0 bridgehead atoms. The number of carbonyl (C=O) groups is 2. The number of thioether (sulfide) groups is 2. The van der Waals surface area contributed by atoms with Gasteiger partial charge in [-0.2, -0.15) is 23.5 Å². The Balaban J connectivity index is -0.000000216. The molecule has 0 rings (SSSR count). The molecule has 0 atom stereocenters. The Kier molecular flexibility index (Phi) is 53.3. The summed E-state index contributed by atoms with van der Waals surface area (Å²) < 4.78 is 2.70. The quantitative estimate of drug-likeness (QED) is 0.0832. The number of hydrogen-bond donors (Lipinski definition) is 0. The molecule has 0 aliphatic heterocycles. The van der Waals surface area contributed by atoms with Crippen molar-refractivity contribution in [2.75, 3.05) is 23.0 Å². The molecule has 0 saturated heterocycles. The Bertz CT molecular complexity index is 417. The third kappa shape index (κ3) is 66.2. The fraction of sp³-hybridized carbons (Fsp3) is 0.929. The van der Waals surface area contributed by atoms with Crippen LogP contribution in [-0.2, 0) is 9.59 Å². The normalized spacial score (nSPS) is 9.74. The number of aliphatic carboxylic acids is 2. The van der Waals surface area contributed by atoms with E-state index in [4.69, 9.17) is 17.8 Å². The van der Waals surface area contributed by atoms with Crippen LogP contribution in [0, 0.1) is 11.8 Å². The summed E-state index contributed by atoms with van der Waals surface area (Å²) in [6, 6.07) is 0. The Labute approximate surface area is 273 Å². The van der Waals surface area contributed by atoms with Gasteiger partial charge in [-0.05, 0) is 36.2 Å². The van der Waals surface area contributed by atoms with Crippen LogP contribution in [0.5, 0.6) is 0 Å². The molecule has 0 aliphatic carbocycles. The van der Waals surface area contributed by atoms with E-state index < -0.39 is 11.9 Å². The number of hydrogen-bond acceptors (Lipinski definition) is 6. The van der Waals surface area contributed by atoms with Crippen LogP contribution < -0.4 is 10.2 Å². The van der Waals surface area contributed by atoms with E-state index in [1.807, 2.05) is 0 Å². The Morgan fingerprint density at radius 3 is 1.18 bits per heavy atom. The van der Waals surface area contributed by atoms with Crippen LogP contribution in [0.4, 0.5) is 0 Å². The average molecular weight is 829 g/mol. The van der Waals surface area contributed by atoms with Gasteiger partial charge >= 0.3 is 106 Å². The molecular weight excluding hydrogens is 773 g/mol. The first-order valence-corrected chi connectivity index (χ1v) is 27.9. The second kappa shape index (κ2) is 43.3. The van der Waals surface area contributed by atoms with Gasteiger partial charge in [0.25, 0.3) is 0 Å². The second-order valence-electron chi connectivity index (χ2n) is 9.81. The maximum atomic E-state index is 10.0. The van der Waals surface area contributed by atoms with Crippen molar-refractivity contribution in [1.82, 2.24) is 0 Å². The van der Waals surface area contributed by atoms with E-state index in [1.165, 1.54) is 96.6 Å². The number of carbonyl (C=O) groups excluding carboxylic acids is 2. The van der Waals surface area contributed by atoms with Crippen LogP contribution in [0.15, 0.2) is 0 Å². The van der Waals surface area contributed by atoms with E-state index in [0.29, 0.717) is 0 Å². The van der Waals surface area contributed by atoms with Gasteiger partial charge in [0.1, 0.15) is 0 Å². The maximum absolute atomic E-state index is 10.0. The first-order valence-electron chi connectivity index (χ1n) is 14.3. The van der Waals surface area contributed by atoms with Gasteiger partial charge < -0.3 is 19.8 Å². The third-order valence-corrected chi connectivity index (χ3v) is 12.5. The van der Waals surface area contributed by atoms with Crippen LogP contribution in [-0.4, -0.2) is 75.0 Å². The summed E-state index contributed by atoms with van der Waals surface area (Å²) in [5.41, 5.74) is 0. The summed E-state index contributed by atoms with van der Waals surface area (Å²) in [5, 5.41) is 20.1. The molecule has 0 aromatic rings. The van der Waals surface area contributed by atoms with Crippen molar-refractivity contribution < 1.29 is 19.8 Å². The molecule has 4 nitrogen and oxygen atoms in total. The Morgan fingerprint density at radius 1 is 0.632 bits per heavy atom. The van der Waals surface area contributed by atoms with Gasteiger partial charge in [0.15, 0.2) is 0 Å². The minimum absolute atomic E-state index is 0.143. The molecule has 0 aromatic carbocycles. The molecule has 0 aromatic heterocycles. The number of carboxylic acids is 2. The van der Waals surface area contributed by atoms with E-state index in [1.54, 1.807) is 0 Å². The zero-order chi connectivity index (χ0) is 29.9. The van der Waals surface area contributed by atoms with E-state index in [2.05, 4.69) is 41.5 Å². The van der Waals surface area contributed by atoms with Gasteiger partial charge in [0.2, 0.25) is 0 Å². The van der Waals surface area contributed by atoms with Crippen LogP contribution in [0.3, 0.4) is 0 Å². The zero-order valence-corrected chi connectivity index (χ0v) is 33.9. The first-order chi connectivity index (χ1) is 18.1. The molecule has 0 N–H and O–H groups in total. The van der Waals surface area contributed by atoms with Crippen molar-refractivity contribution in [3.63, 3.8) is 0 Å². The van der Waals surface area contributed by atoms with Crippen LogP contribution in [0.1, 0.15) is 119 Å². The molecule has 0 unspecified atom stereocenters. The summed E-state index contributed by atoms with van der Waals surface area (Å²) >= 11 is 2.24. The molecule has 0 amide bonds. The average Bonchev–Trinajstić information content (AvgIpc) is 2.85. The van der Waals surface area contributed by atoms with Crippen molar-refractivity contribution in [3.05, 3.63) is 0 Å². The number of halogens is 2. The van der Waals surface area contributed by atoms with Gasteiger partial charge in [0.05, 0.1) is 11.9 Å². The van der Waals surface area contributed by atoms with E-state index in [0.717, 1.165) is 36.2 Å². The molecule has 0 fully saturated rings. The van der Waals surface area contributed by atoms with Gasteiger partial charge in [-0.3, -0.25) is 0 Å². The molecule has 10 heteroatoms. The first kappa shape index (κ1) is 46.8. The van der Waals surface area contributed by atoms with Crippen molar-refractivity contribution in [2.45, 2.75) is 127 Å². The van der Waals surface area contributed by atoms with Crippen molar-refractivity contribution in [1.29, 1.82) is 0 Å². The fourth-order valence-corrected chi connectivity index (χ4v) is 8.68. The number of carboxylic acid groups (broad SMARTS) is 2. The predicted octanol–water partition coefficient (Wildman–Crippen LogP) is 7.50. The third-order valence-electron chi connectivity index (χ3n) is 4.83. The summed E-state index contributed by atoms with van der Waals surface area (Å²) in [4.78, 5) is 20.1. The molecular formula is C28H56Cl2O4S2Sn2+2. The molecule has 224 valence electrons. The molecule has 0 saturated carbocycles. The van der Waals surface area contributed by atoms with E-state index in [9.17, 15) is 19.8 Å². The molecule has 0 aliphatic rings.